The van der Waals surface area contributed by atoms with Crippen LogP contribution in [0.1, 0.15) is 26.5 Å². The molecule has 0 unspecified atom stereocenters. The third-order valence-electron chi connectivity index (χ3n) is 5.28. The van der Waals surface area contributed by atoms with E-state index in [9.17, 15) is 9.59 Å². The van der Waals surface area contributed by atoms with Gasteiger partial charge >= 0.3 is 0 Å². The number of nitrogens with zero attached hydrogens (tertiary/aromatic N) is 1. The fraction of sp³-hybridized carbons (Fsp3) is 0. The number of furan rings is 1. The minimum absolute atomic E-state index is 0.130. The zero-order valence-electron chi connectivity index (χ0n) is 15.6. The number of thiazole rings is 1. The van der Waals surface area contributed by atoms with Gasteiger partial charge in [0.2, 0.25) is 5.71 Å². The summed E-state index contributed by atoms with van der Waals surface area (Å²) in [5.41, 5.74) is 2.56. The number of carbonyl (C=O) groups excluding carboxylic acids is 2. The van der Waals surface area contributed by atoms with E-state index in [0.29, 0.717) is 22.6 Å². The Morgan fingerprint density at radius 1 is 0.800 bits per heavy atom. The van der Waals surface area contributed by atoms with Crippen molar-refractivity contribution in [1.29, 1.82) is 0 Å². The van der Waals surface area contributed by atoms with Crippen LogP contribution in [0.25, 0.3) is 37.8 Å². The minimum atomic E-state index is -0.265. The van der Waals surface area contributed by atoms with Gasteiger partial charge in [-0.05, 0) is 29.0 Å². The molecule has 5 heteroatoms. The highest BCUT2D eigenvalue weighted by molar-refractivity contribution is 7.21. The van der Waals surface area contributed by atoms with Crippen molar-refractivity contribution in [2.24, 2.45) is 0 Å². The van der Waals surface area contributed by atoms with E-state index in [1.54, 1.807) is 12.1 Å². The predicted molar refractivity (Wildman–Crippen MR) is 118 cm³/mol. The molecule has 0 saturated heterocycles. The number of hydrogen-bond donors (Lipinski definition) is 0. The highest BCUT2D eigenvalue weighted by Crippen LogP contribution is 2.35. The summed E-state index contributed by atoms with van der Waals surface area (Å²) >= 11 is 1.52. The van der Waals surface area contributed by atoms with Crippen molar-refractivity contribution in [3.63, 3.8) is 0 Å². The van der Waals surface area contributed by atoms with Gasteiger partial charge in [0, 0.05) is 22.8 Å². The molecular formula is C25H13NO3S. The molecule has 1 aliphatic rings. The Balaban J connectivity index is 1.39. The Hall–Kier alpha value is -3.83. The van der Waals surface area contributed by atoms with Gasteiger partial charge in [0.15, 0.2) is 11.6 Å². The van der Waals surface area contributed by atoms with E-state index in [-0.39, 0.29) is 17.1 Å². The van der Waals surface area contributed by atoms with Crippen LogP contribution in [-0.4, -0.2) is 16.6 Å². The van der Waals surface area contributed by atoms with E-state index >= 15 is 0 Å². The van der Waals surface area contributed by atoms with Gasteiger partial charge in [0.1, 0.15) is 10.8 Å². The number of aromatic nitrogens is 1. The largest absolute Gasteiger partial charge is 0.437 e. The second-order valence-electron chi connectivity index (χ2n) is 7.16. The molecular weight excluding hydrogens is 394 g/mol. The first-order chi connectivity index (χ1) is 14.7. The summed E-state index contributed by atoms with van der Waals surface area (Å²) < 4.78 is 6.70. The van der Waals surface area contributed by atoms with Crippen LogP contribution in [0.5, 0.6) is 0 Å². The van der Waals surface area contributed by atoms with Gasteiger partial charge in [-0.3, -0.25) is 9.59 Å². The molecule has 3 aromatic carbocycles. The molecule has 4 nitrogen and oxygen atoms in total. The molecule has 0 radical (unpaired) electrons. The van der Waals surface area contributed by atoms with Crippen LogP contribution >= 0.6 is 11.3 Å². The molecule has 30 heavy (non-hydrogen) atoms. The second kappa shape index (κ2) is 6.34. The van der Waals surface area contributed by atoms with Gasteiger partial charge in [-0.2, -0.15) is 0 Å². The van der Waals surface area contributed by atoms with Gasteiger partial charge in [-0.25, -0.2) is 4.98 Å². The Morgan fingerprint density at radius 2 is 1.43 bits per heavy atom. The van der Waals surface area contributed by atoms with Crippen molar-refractivity contribution in [3.8, 4) is 10.6 Å². The fourth-order valence-corrected chi connectivity index (χ4v) is 4.75. The predicted octanol–water partition coefficient (Wildman–Crippen LogP) is 6.17. The maximum absolute atomic E-state index is 12.9. The van der Waals surface area contributed by atoms with Gasteiger partial charge in [0.25, 0.3) is 0 Å². The molecule has 1 aliphatic carbocycles. The van der Waals surface area contributed by atoms with Gasteiger partial charge in [-0.1, -0.05) is 54.6 Å². The third-order valence-corrected chi connectivity index (χ3v) is 6.31. The van der Waals surface area contributed by atoms with Crippen LogP contribution < -0.4 is 0 Å². The lowest BCUT2D eigenvalue weighted by Crippen LogP contribution is -1.99. The highest BCUT2D eigenvalue weighted by atomic mass is 32.1. The number of Topliss-reactive ketones (excluding diaryl/α,β-unsaturated/α-hetero) is 2. The van der Waals surface area contributed by atoms with Crippen LogP contribution in [0, 0.1) is 0 Å². The lowest BCUT2D eigenvalue weighted by Gasteiger charge is -2.00. The zero-order valence-corrected chi connectivity index (χ0v) is 16.4. The van der Waals surface area contributed by atoms with Crippen molar-refractivity contribution < 1.29 is 14.0 Å². The fourth-order valence-electron chi connectivity index (χ4n) is 3.81. The lowest BCUT2D eigenvalue weighted by molar-refractivity contribution is 0.0990. The van der Waals surface area contributed by atoms with E-state index in [2.05, 4.69) is 4.98 Å². The number of ketones is 2. The average Bonchev–Trinajstić information content (AvgIpc) is 3.41. The van der Waals surface area contributed by atoms with E-state index in [0.717, 1.165) is 26.0 Å². The summed E-state index contributed by atoms with van der Waals surface area (Å²) in [6.45, 7) is 0. The molecule has 0 bridgehead atoms. The number of allylic oxidation sites excluding steroid dienone is 1. The van der Waals surface area contributed by atoms with Gasteiger partial charge in [-0.15, -0.1) is 11.3 Å². The quantitative estimate of drug-likeness (QED) is 0.259. The Labute approximate surface area is 175 Å². The van der Waals surface area contributed by atoms with Crippen LogP contribution in [0.3, 0.4) is 0 Å². The van der Waals surface area contributed by atoms with Crippen molar-refractivity contribution in [3.05, 3.63) is 95.3 Å². The molecule has 0 N–H and O–H groups in total. The van der Waals surface area contributed by atoms with E-state index < -0.39 is 0 Å². The first-order valence-electron chi connectivity index (χ1n) is 9.47. The maximum atomic E-state index is 12.9. The van der Waals surface area contributed by atoms with Crippen LogP contribution in [-0.2, 0) is 0 Å². The summed E-state index contributed by atoms with van der Waals surface area (Å²) in [7, 11) is 0. The van der Waals surface area contributed by atoms with Crippen LogP contribution in [0.2, 0.25) is 0 Å². The summed E-state index contributed by atoms with van der Waals surface area (Å²) in [5.74, 6) is -0.0747. The average molecular weight is 407 g/mol. The van der Waals surface area contributed by atoms with Crippen molar-refractivity contribution in [2.75, 3.05) is 0 Å². The molecule has 0 aliphatic heterocycles. The molecule has 0 spiro atoms. The molecule has 5 aromatic rings. The van der Waals surface area contributed by atoms with E-state index in [1.807, 2.05) is 60.7 Å². The van der Waals surface area contributed by atoms with Gasteiger partial charge in [0.05, 0.1) is 10.3 Å². The minimum Gasteiger partial charge on any atom is -0.437 e. The molecule has 0 fully saturated rings. The normalized spacial score (nSPS) is 13.4. The van der Waals surface area contributed by atoms with E-state index in [1.165, 1.54) is 17.4 Å². The SMILES string of the molecule is O=C1C(=Cc2cc3sc(-c4ccccc4)nc3o2)C(=O)c2cc3ccccc3cc21. The topological polar surface area (TPSA) is 60.2 Å². The first-order valence-corrected chi connectivity index (χ1v) is 10.3. The Bertz CT molecular complexity index is 1430. The lowest BCUT2D eigenvalue weighted by atomic mass is 10.0. The van der Waals surface area contributed by atoms with Crippen molar-refractivity contribution in [2.45, 2.75) is 0 Å². The standard InChI is InChI=1S/C25H13NO3S/c27-22-18-10-15-8-4-5-9-16(15)11-19(18)23(28)20(22)12-17-13-21-24(29-17)26-25(30-21)14-6-2-1-3-7-14/h1-13H. The second-order valence-corrected chi connectivity index (χ2v) is 8.20. The zero-order chi connectivity index (χ0) is 20.2. The first kappa shape index (κ1) is 17.1. The third kappa shape index (κ3) is 2.56. The van der Waals surface area contributed by atoms with Crippen LogP contribution in [0.15, 0.2) is 82.8 Å². The van der Waals surface area contributed by atoms with Crippen LogP contribution in [0.4, 0.5) is 0 Å². The summed E-state index contributed by atoms with van der Waals surface area (Å²) in [6.07, 6.45) is 1.53. The maximum Gasteiger partial charge on any atom is 0.238 e. The Morgan fingerprint density at radius 3 is 2.07 bits per heavy atom. The summed E-state index contributed by atoms with van der Waals surface area (Å²) in [5, 5.41) is 2.75. The van der Waals surface area contributed by atoms with Crippen molar-refractivity contribution in [1.82, 2.24) is 4.98 Å². The molecule has 6 rings (SSSR count). The monoisotopic (exact) mass is 407 g/mol. The number of hydrogen-bond acceptors (Lipinski definition) is 5. The highest BCUT2D eigenvalue weighted by Gasteiger charge is 2.33. The molecule has 2 aromatic heterocycles. The molecule has 0 saturated carbocycles. The summed E-state index contributed by atoms with van der Waals surface area (Å²) in [6, 6.07) is 23.0. The van der Waals surface area contributed by atoms with E-state index in [4.69, 9.17) is 4.42 Å². The number of benzene rings is 3. The number of fused-ring (bicyclic) bond motifs is 3. The molecule has 142 valence electrons. The molecule has 2 heterocycles. The smallest absolute Gasteiger partial charge is 0.238 e. The van der Waals surface area contributed by atoms with Gasteiger partial charge < -0.3 is 4.42 Å². The Kier molecular flexibility index (Phi) is 3.60. The number of rotatable bonds is 2. The molecule has 0 amide bonds. The summed E-state index contributed by atoms with van der Waals surface area (Å²) in [4.78, 5) is 30.4. The number of carbonyl (C=O) groups is 2. The molecule has 0 atom stereocenters. The van der Waals surface area contributed by atoms with Crippen molar-refractivity contribution >= 4 is 50.2 Å².